The van der Waals surface area contributed by atoms with Gasteiger partial charge in [-0.25, -0.2) is 13.1 Å². The smallest absolute Gasteiger partial charge is 0.325 e. The lowest BCUT2D eigenvalue weighted by atomic mass is 10.2. The van der Waals surface area contributed by atoms with Gasteiger partial charge in [-0.3, -0.25) is 4.79 Å². The molecule has 0 amide bonds. The number of rotatable bonds is 4. The molecule has 1 aliphatic carbocycles. The van der Waals surface area contributed by atoms with Gasteiger partial charge in [-0.1, -0.05) is 0 Å². The maximum Gasteiger partial charge on any atom is 0.325 e. The molecule has 0 spiro atoms. The van der Waals surface area contributed by atoms with Gasteiger partial charge in [0.2, 0.25) is 10.0 Å². The highest BCUT2D eigenvalue weighted by Gasteiger charge is 2.44. The number of carbonyl (C=O) groups is 1. The molecule has 1 fully saturated rings. The zero-order valence-electron chi connectivity index (χ0n) is 7.57. The Labute approximate surface area is 77.2 Å². The van der Waals surface area contributed by atoms with Gasteiger partial charge in [-0.2, -0.15) is 0 Å². The van der Waals surface area contributed by atoms with Crippen LogP contribution in [0.3, 0.4) is 0 Å². The molecular formula is C7H13NO4S. The van der Waals surface area contributed by atoms with Gasteiger partial charge in [0.15, 0.2) is 4.75 Å². The Hall–Kier alpha value is -0.620. The molecule has 0 aromatic rings. The van der Waals surface area contributed by atoms with Crippen molar-refractivity contribution in [3.05, 3.63) is 0 Å². The Morgan fingerprint density at radius 3 is 2.23 bits per heavy atom. The van der Waals surface area contributed by atoms with Crippen molar-refractivity contribution in [3.63, 3.8) is 0 Å². The van der Waals surface area contributed by atoms with Crippen LogP contribution in [-0.4, -0.2) is 30.3 Å². The molecule has 0 unspecified atom stereocenters. The average molecular weight is 207 g/mol. The average Bonchev–Trinajstić information content (AvgIpc) is 2.70. The van der Waals surface area contributed by atoms with Crippen LogP contribution in [0.5, 0.6) is 0 Å². The van der Waals surface area contributed by atoms with E-state index in [0.29, 0.717) is 0 Å². The second-order valence-corrected chi connectivity index (χ2v) is 5.97. The molecule has 76 valence electrons. The standard InChI is InChI=1S/C7H13NO4S/c1-7(2,6(9)10)13(11,12)8-5-3-4-5/h5,8H,3-4H2,1-2H3,(H,9,10). The molecule has 0 aromatic heterocycles. The molecule has 5 nitrogen and oxygen atoms in total. The number of hydrogen-bond donors (Lipinski definition) is 2. The van der Waals surface area contributed by atoms with Gasteiger partial charge >= 0.3 is 5.97 Å². The maximum absolute atomic E-state index is 11.5. The van der Waals surface area contributed by atoms with Crippen molar-refractivity contribution >= 4 is 16.0 Å². The Morgan fingerprint density at radius 2 is 1.92 bits per heavy atom. The van der Waals surface area contributed by atoms with Crippen molar-refractivity contribution in [1.29, 1.82) is 0 Å². The van der Waals surface area contributed by atoms with Crippen molar-refractivity contribution in [2.24, 2.45) is 0 Å². The van der Waals surface area contributed by atoms with Crippen LogP contribution >= 0.6 is 0 Å². The first-order valence-corrected chi connectivity index (χ1v) is 5.51. The third-order valence-electron chi connectivity index (χ3n) is 2.09. The predicted octanol–water partition coefficient (Wildman–Crippen LogP) is -0.0686. The summed E-state index contributed by atoms with van der Waals surface area (Å²) < 4.78 is 23.5. The first kappa shape index (κ1) is 10.5. The lowest BCUT2D eigenvalue weighted by molar-refractivity contribution is -0.139. The number of carboxylic acid groups (broad SMARTS) is 1. The minimum Gasteiger partial charge on any atom is -0.480 e. The van der Waals surface area contributed by atoms with E-state index < -0.39 is 20.7 Å². The fraction of sp³-hybridized carbons (Fsp3) is 0.857. The van der Waals surface area contributed by atoms with Crippen LogP contribution < -0.4 is 4.72 Å². The van der Waals surface area contributed by atoms with Crippen LogP contribution in [0.25, 0.3) is 0 Å². The number of hydrogen-bond acceptors (Lipinski definition) is 3. The summed E-state index contributed by atoms with van der Waals surface area (Å²) in [6.45, 7) is 2.36. The minimum absolute atomic E-state index is 0.0522. The van der Waals surface area contributed by atoms with Gasteiger partial charge in [-0.15, -0.1) is 0 Å². The number of sulfonamides is 1. The van der Waals surface area contributed by atoms with E-state index in [-0.39, 0.29) is 6.04 Å². The third-order valence-corrected chi connectivity index (χ3v) is 4.25. The number of carboxylic acids is 1. The van der Waals surface area contributed by atoms with Crippen LogP contribution in [0.15, 0.2) is 0 Å². The van der Waals surface area contributed by atoms with Crippen LogP contribution in [0, 0.1) is 0 Å². The zero-order valence-corrected chi connectivity index (χ0v) is 8.39. The summed E-state index contributed by atoms with van der Waals surface area (Å²) in [7, 11) is -3.75. The zero-order chi connectivity index (χ0) is 10.3. The first-order chi connectivity index (χ1) is 5.77. The van der Waals surface area contributed by atoms with Crippen molar-refractivity contribution < 1.29 is 18.3 Å². The molecular weight excluding hydrogens is 194 g/mol. The van der Waals surface area contributed by atoms with Crippen molar-refractivity contribution in [3.8, 4) is 0 Å². The molecule has 6 heteroatoms. The normalized spacial score (nSPS) is 18.6. The van der Waals surface area contributed by atoms with E-state index in [4.69, 9.17) is 5.11 Å². The van der Waals surface area contributed by atoms with Gasteiger partial charge in [0.05, 0.1) is 0 Å². The Morgan fingerprint density at radius 1 is 1.46 bits per heavy atom. The minimum atomic E-state index is -3.75. The van der Waals surface area contributed by atoms with Crippen LogP contribution in [-0.2, 0) is 14.8 Å². The second kappa shape index (κ2) is 2.95. The van der Waals surface area contributed by atoms with Gasteiger partial charge in [-0.05, 0) is 26.7 Å². The predicted molar refractivity (Wildman–Crippen MR) is 46.8 cm³/mol. The molecule has 0 radical (unpaired) electrons. The first-order valence-electron chi connectivity index (χ1n) is 4.02. The quantitative estimate of drug-likeness (QED) is 0.676. The molecule has 13 heavy (non-hydrogen) atoms. The monoisotopic (exact) mass is 207 g/mol. The van der Waals surface area contributed by atoms with Crippen molar-refractivity contribution in [2.45, 2.75) is 37.5 Å². The highest BCUT2D eigenvalue weighted by atomic mass is 32.2. The molecule has 0 heterocycles. The lowest BCUT2D eigenvalue weighted by Crippen LogP contribution is -2.48. The van der Waals surface area contributed by atoms with E-state index in [9.17, 15) is 13.2 Å². The summed E-state index contributed by atoms with van der Waals surface area (Å²) in [5, 5.41) is 8.69. The summed E-state index contributed by atoms with van der Waals surface area (Å²) in [6, 6.07) is -0.0522. The molecule has 0 saturated heterocycles. The second-order valence-electron chi connectivity index (χ2n) is 3.71. The summed E-state index contributed by atoms with van der Waals surface area (Å²) in [4.78, 5) is 10.7. The van der Waals surface area contributed by atoms with Gasteiger partial charge in [0, 0.05) is 6.04 Å². The van der Waals surface area contributed by atoms with E-state index in [1.807, 2.05) is 0 Å². The summed E-state index contributed by atoms with van der Waals surface area (Å²) in [6.07, 6.45) is 1.60. The van der Waals surface area contributed by atoms with Crippen LogP contribution in [0.1, 0.15) is 26.7 Å². The Balaban J connectivity index is 2.83. The van der Waals surface area contributed by atoms with Gasteiger partial charge < -0.3 is 5.11 Å². The number of nitrogens with one attached hydrogen (secondary N) is 1. The molecule has 1 aliphatic rings. The van der Waals surface area contributed by atoms with Crippen molar-refractivity contribution in [2.75, 3.05) is 0 Å². The van der Waals surface area contributed by atoms with Gasteiger partial charge in [0.25, 0.3) is 0 Å². The third kappa shape index (κ3) is 2.00. The highest BCUT2D eigenvalue weighted by molar-refractivity contribution is 7.91. The van der Waals surface area contributed by atoms with Crippen LogP contribution in [0.4, 0.5) is 0 Å². The largest absolute Gasteiger partial charge is 0.480 e. The Bertz CT molecular complexity index is 315. The van der Waals surface area contributed by atoms with E-state index in [1.165, 1.54) is 13.8 Å². The SMILES string of the molecule is CC(C)(C(=O)O)S(=O)(=O)NC1CC1. The fourth-order valence-corrected chi connectivity index (χ4v) is 1.88. The van der Waals surface area contributed by atoms with Gasteiger partial charge in [0.1, 0.15) is 0 Å². The molecule has 2 N–H and O–H groups in total. The molecule has 1 rings (SSSR count). The van der Waals surface area contributed by atoms with E-state index in [2.05, 4.69) is 4.72 Å². The molecule has 1 saturated carbocycles. The maximum atomic E-state index is 11.5. The molecule has 0 bridgehead atoms. The molecule has 0 aromatic carbocycles. The fourth-order valence-electron chi connectivity index (χ4n) is 0.683. The summed E-state index contributed by atoms with van der Waals surface area (Å²) in [5.41, 5.74) is 0. The lowest BCUT2D eigenvalue weighted by Gasteiger charge is -2.19. The van der Waals surface area contributed by atoms with E-state index >= 15 is 0 Å². The Kier molecular flexibility index (Phi) is 2.38. The highest BCUT2D eigenvalue weighted by Crippen LogP contribution is 2.24. The molecule has 0 atom stereocenters. The van der Waals surface area contributed by atoms with Crippen LogP contribution in [0.2, 0.25) is 0 Å². The number of aliphatic carboxylic acids is 1. The topological polar surface area (TPSA) is 83.5 Å². The summed E-state index contributed by atoms with van der Waals surface area (Å²) in [5.74, 6) is -1.33. The van der Waals surface area contributed by atoms with E-state index in [1.54, 1.807) is 0 Å². The van der Waals surface area contributed by atoms with Crippen molar-refractivity contribution in [1.82, 2.24) is 4.72 Å². The summed E-state index contributed by atoms with van der Waals surface area (Å²) >= 11 is 0. The van der Waals surface area contributed by atoms with E-state index in [0.717, 1.165) is 12.8 Å². The molecule has 0 aliphatic heterocycles.